The van der Waals surface area contributed by atoms with Crippen molar-refractivity contribution in [2.24, 2.45) is 10.7 Å². The molecule has 0 unspecified atom stereocenters. The Morgan fingerprint density at radius 2 is 1.88 bits per heavy atom. The van der Waals surface area contributed by atoms with E-state index in [0.717, 1.165) is 12.8 Å². The van der Waals surface area contributed by atoms with Crippen LogP contribution < -0.4 is 11.1 Å². The predicted molar refractivity (Wildman–Crippen MR) is 68.8 cm³/mol. The minimum absolute atomic E-state index is 0.152. The van der Waals surface area contributed by atoms with Crippen LogP contribution in [0.25, 0.3) is 0 Å². The van der Waals surface area contributed by atoms with Gasteiger partial charge in [0.25, 0.3) is 0 Å². The van der Waals surface area contributed by atoms with Crippen molar-refractivity contribution >= 4 is 5.96 Å². The number of aliphatic hydroxyl groups is 2. The number of guanidine groups is 1. The fourth-order valence-electron chi connectivity index (χ4n) is 2.15. The molecule has 17 heavy (non-hydrogen) atoms. The first-order valence-electron chi connectivity index (χ1n) is 6.49. The molecule has 5 nitrogen and oxygen atoms in total. The van der Waals surface area contributed by atoms with Crippen LogP contribution in [0.15, 0.2) is 4.99 Å². The molecule has 0 aliphatic heterocycles. The van der Waals surface area contributed by atoms with Gasteiger partial charge >= 0.3 is 0 Å². The number of rotatable bonds is 5. The second-order valence-electron chi connectivity index (χ2n) is 4.88. The Labute approximate surface area is 103 Å². The molecule has 0 atom stereocenters. The Kier molecular flexibility index (Phi) is 5.71. The van der Waals surface area contributed by atoms with E-state index in [1.807, 2.05) is 6.92 Å². The molecule has 0 radical (unpaired) electrons. The summed E-state index contributed by atoms with van der Waals surface area (Å²) in [6.45, 7) is 1.59. The maximum absolute atomic E-state index is 9.30. The van der Waals surface area contributed by atoms with Crippen molar-refractivity contribution in [3.05, 3.63) is 0 Å². The van der Waals surface area contributed by atoms with E-state index in [1.165, 1.54) is 19.3 Å². The molecule has 0 amide bonds. The van der Waals surface area contributed by atoms with Crippen LogP contribution in [0.3, 0.4) is 0 Å². The normalized spacial score (nSPS) is 19.4. The Hall–Kier alpha value is -0.810. The van der Waals surface area contributed by atoms with E-state index in [-0.39, 0.29) is 13.2 Å². The lowest BCUT2D eigenvalue weighted by Gasteiger charge is -2.30. The topological polar surface area (TPSA) is 90.9 Å². The monoisotopic (exact) mass is 243 g/mol. The highest BCUT2D eigenvalue weighted by molar-refractivity contribution is 5.78. The molecule has 1 aliphatic carbocycles. The average Bonchev–Trinajstić information content (AvgIpc) is 2.37. The highest BCUT2D eigenvalue weighted by Crippen LogP contribution is 2.20. The van der Waals surface area contributed by atoms with Crippen molar-refractivity contribution in [1.29, 1.82) is 0 Å². The first-order valence-corrected chi connectivity index (χ1v) is 6.49. The third-order valence-corrected chi connectivity index (χ3v) is 3.57. The Morgan fingerprint density at radius 1 is 1.29 bits per heavy atom. The minimum Gasteiger partial charge on any atom is -0.394 e. The molecule has 100 valence electrons. The van der Waals surface area contributed by atoms with Crippen LogP contribution in [0.5, 0.6) is 0 Å². The molecule has 0 aromatic heterocycles. The Bertz CT molecular complexity index is 238. The molecule has 1 saturated carbocycles. The van der Waals surface area contributed by atoms with Crippen LogP contribution in [0.1, 0.15) is 45.4 Å². The third-order valence-electron chi connectivity index (χ3n) is 3.57. The number of nitrogens with two attached hydrogens (primary N) is 1. The first kappa shape index (κ1) is 14.3. The van der Waals surface area contributed by atoms with Gasteiger partial charge in [-0.2, -0.15) is 0 Å². The predicted octanol–water partition coefficient (Wildman–Crippen LogP) is 0.357. The molecule has 0 bridgehead atoms. The van der Waals surface area contributed by atoms with E-state index in [1.54, 1.807) is 0 Å². The van der Waals surface area contributed by atoms with Gasteiger partial charge in [-0.3, -0.25) is 4.99 Å². The highest BCUT2D eigenvalue weighted by Gasteiger charge is 2.27. The van der Waals surface area contributed by atoms with Crippen LogP contribution >= 0.6 is 0 Å². The van der Waals surface area contributed by atoms with Gasteiger partial charge in [-0.1, -0.05) is 26.2 Å². The zero-order chi connectivity index (χ0) is 12.7. The van der Waals surface area contributed by atoms with Gasteiger partial charge in [0.1, 0.15) is 0 Å². The first-order chi connectivity index (χ1) is 8.15. The van der Waals surface area contributed by atoms with Crippen molar-refractivity contribution in [2.45, 2.75) is 57.0 Å². The molecule has 1 aliphatic rings. The standard InChI is InChI=1S/C12H25N3O2/c1-2-12(8-16,9-17)15-11(13)14-10-6-4-3-5-7-10/h10,16-17H,2-9H2,1H3,(H3,13,14,15). The highest BCUT2D eigenvalue weighted by atomic mass is 16.3. The Balaban J connectivity index is 2.56. The van der Waals surface area contributed by atoms with Crippen molar-refractivity contribution in [1.82, 2.24) is 5.32 Å². The molecule has 1 fully saturated rings. The molecule has 0 aromatic carbocycles. The van der Waals surface area contributed by atoms with E-state index in [0.29, 0.717) is 18.4 Å². The van der Waals surface area contributed by atoms with E-state index in [9.17, 15) is 10.2 Å². The van der Waals surface area contributed by atoms with E-state index < -0.39 is 5.54 Å². The summed E-state index contributed by atoms with van der Waals surface area (Å²) in [5.74, 6) is 0.335. The maximum Gasteiger partial charge on any atom is 0.189 e. The van der Waals surface area contributed by atoms with Crippen LogP contribution in [0.4, 0.5) is 0 Å². The van der Waals surface area contributed by atoms with Gasteiger partial charge in [0, 0.05) is 0 Å². The summed E-state index contributed by atoms with van der Waals surface area (Å²) < 4.78 is 0. The van der Waals surface area contributed by atoms with E-state index in [2.05, 4.69) is 10.3 Å². The minimum atomic E-state index is -0.748. The summed E-state index contributed by atoms with van der Waals surface area (Å²) in [5, 5.41) is 21.6. The zero-order valence-corrected chi connectivity index (χ0v) is 10.7. The third kappa shape index (κ3) is 4.16. The van der Waals surface area contributed by atoms with Crippen LogP contribution in [0, 0.1) is 0 Å². The molecule has 0 heterocycles. The van der Waals surface area contributed by atoms with Crippen molar-refractivity contribution in [2.75, 3.05) is 13.2 Å². The van der Waals surface area contributed by atoms with Crippen molar-refractivity contribution in [3.8, 4) is 0 Å². The fraction of sp³-hybridized carbons (Fsp3) is 0.917. The molecule has 0 aromatic rings. The SMILES string of the molecule is CCC(CO)(CO)NC(N)=NC1CCCCC1. The number of aliphatic imine (C=N–C) groups is 1. The molecule has 0 spiro atoms. The molecular weight excluding hydrogens is 218 g/mol. The largest absolute Gasteiger partial charge is 0.394 e. The second-order valence-corrected chi connectivity index (χ2v) is 4.88. The maximum atomic E-state index is 9.30. The number of aliphatic hydroxyl groups excluding tert-OH is 2. The number of nitrogens with one attached hydrogen (secondary N) is 1. The lowest BCUT2D eigenvalue weighted by Crippen LogP contribution is -2.56. The summed E-state index contributed by atoms with van der Waals surface area (Å²) in [7, 11) is 0. The number of hydrogen-bond acceptors (Lipinski definition) is 3. The molecule has 0 saturated heterocycles. The lowest BCUT2D eigenvalue weighted by molar-refractivity contribution is 0.103. The summed E-state index contributed by atoms with van der Waals surface area (Å²) in [6.07, 6.45) is 6.46. The quantitative estimate of drug-likeness (QED) is 0.414. The molecule has 1 rings (SSSR count). The fourth-order valence-corrected chi connectivity index (χ4v) is 2.15. The number of nitrogens with zero attached hydrogens (tertiary/aromatic N) is 1. The summed E-state index contributed by atoms with van der Waals surface area (Å²) in [4.78, 5) is 4.43. The summed E-state index contributed by atoms with van der Waals surface area (Å²) >= 11 is 0. The van der Waals surface area contributed by atoms with Gasteiger partial charge in [-0.15, -0.1) is 0 Å². The van der Waals surface area contributed by atoms with E-state index in [4.69, 9.17) is 5.73 Å². The Morgan fingerprint density at radius 3 is 2.35 bits per heavy atom. The van der Waals surface area contributed by atoms with Gasteiger partial charge < -0.3 is 21.3 Å². The van der Waals surface area contributed by atoms with Gasteiger partial charge in [-0.05, 0) is 19.3 Å². The van der Waals surface area contributed by atoms with Crippen LogP contribution in [-0.4, -0.2) is 41.0 Å². The van der Waals surface area contributed by atoms with E-state index >= 15 is 0 Å². The zero-order valence-electron chi connectivity index (χ0n) is 10.7. The van der Waals surface area contributed by atoms with Gasteiger partial charge in [0.05, 0.1) is 24.8 Å². The second kappa shape index (κ2) is 6.81. The van der Waals surface area contributed by atoms with Gasteiger partial charge in [0.2, 0.25) is 0 Å². The summed E-state index contributed by atoms with van der Waals surface area (Å²) in [5.41, 5.74) is 5.09. The lowest BCUT2D eigenvalue weighted by atomic mass is 9.96. The smallest absolute Gasteiger partial charge is 0.189 e. The molecule has 5 N–H and O–H groups in total. The average molecular weight is 243 g/mol. The van der Waals surface area contributed by atoms with Crippen molar-refractivity contribution in [3.63, 3.8) is 0 Å². The van der Waals surface area contributed by atoms with Crippen LogP contribution in [-0.2, 0) is 0 Å². The molecule has 5 heteroatoms. The van der Waals surface area contributed by atoms with Crippen LogP contribution in [0.2, 0.25) is 0 Å². The summed E-state index contributed by atoms with van der Waals surface area (Å²) in [6, 6.07) is 0.295. The molecular formula is C12H25N3O2. The number of hydrogen-bond donors (Lipinski definition) is 4. The van der Waals surface area contributed by atoms with Crippen molar-refractivity contribution < 1.29 is 10.2 Å². The van der Waals surface area contributed by atoms with Gasteiger partial charge in [-0.25, -0.2) is 0 Å². The van der Waals surface area contributed by atoms with Gasteiger partial charge in [0.15, 0.2) is 5.96 Å².